The lowest BCUT2D eigenvalue weighted by Crippen LogP contribution is -2.04. The number of nitrogens with zero attached hydrogens (tertiary/aromatic N) is 1. The summed E-state index contributed by atoms with van der Waals surface area (Å²) in [7, 11) is 1.37. The van der Waals surface area contributed by atoms with Gasteiger partial charge in [0.05, 0.1) is 4.91 Å². The predicted octanol–water partition coefficient (Wildman–Crippen LogP) is 2.42. The molecule has 0 unspecified atom stereocenters. The topological polar surface area (TPSA) is 29.3 Å². The summed E-state index contributed by atoms with van der Waals surface area (Å²) in [5.41, 5.74) is 0. The van der Waals surface area contributed by atoms with Crippen LogP contribution in [0.1, 0.15) is 32.1 Å². The van der Waals surface area contributed by atoms with Gasteiger partial charge in [0.1, 0.15) is 0 Å². The Hall–Kier alpha value is -0.860. The molecule has 0 N–H and O–H groups in total. The van der Waals surface area contributed by atoms with E-state index in [-0.39, 0.29) is 0 Å². The van der Waals surface area contributed by atoms with Crippen LogP contribution in [0.5, 0.6) is 0 Å². The Morgan fingerprint density at radius 1 is 1.33 bits per heavy atom. The second-order valence-electron chi connectivity index (χ2n) is 3.21. The molecule has 1 aliphatic carbocycles. The first kappa shape index (κ1) is 9.23. The SMILES string of the molecule is CO[N+](=O)C=CC1CCCCC1. The van der Waals surface area contributed by atoms with Crippen molar-refractivity contribution in [1.82, 2.24) is 0 Å². The highest BCUT2D eigenvalue weighted by molar-refractivity contribution is 4.83. The first-order valence-electron chi connectivity index (χ1n) is 4.51. The van der Waals surface area contributed by atoms with Crippen molar-refractivity contribution in [1.29, 1.82) is 0 Å². The van der Waals surface area contributed by atoms with Crippen molar-refractivity contribution in [2.24, 2.45) is 5.92 Å². The van der Waals surface area contributed by atoms with Gasteiger partial charge in [-0.05, 0) is 24.8 Å². The van der Waals surface area contributed by atoms with Gasteiger partial charge < -0.3 is 0 Å². The second kappa shape index (κ2) is 4.91. The molecule has 3 nitrogen and oxygen atoms in total. The zero-order valence-corrected chi connectivity index (χ0v) is 7.53. The standard InChI is InChI=1S/C9H16NO2/c1-12-10(11)8-7-9-5-3-2-4-6-9/h7-9H,2-6H2,1H3/q+1. The molecular weight excluding hydrogens is 154 g/mol. The molecule has 0 amide bonds. The average Bonchev–Trinajstić information content (AvgIpc) is 2.16. The van der Waals surface area contributed by atoms with Gasteiger partial charge in [-0.2, -0.15) is 0 Å². The van der Waals surface area contributed by atoms with E-state index in [0.717, 1.165) is 0 Å². The van der Waals surface area contributed by atoms with E-state index < -0.39 is 0 Å². The molecule has 0 aromatic rings. The monoisotopic (exact) mass is 170 g/mol. The van der Waals surface area contributed by atoms with Gasteiger partial charge in [-0.1, -0.05) is 19.3 Å². The van der Waals surface area contributed by atoms with Crippen molar-refractivity contribution in [3.05, 3.63) is 17.2 Å². The normalized spacial score (nSPS) is 19.8. The van der Waals surface area contributed by atoms with Crippen molar-refractivity contribution >= 4 is 0 Å². The van der Waals surface area contributed by atoms with Gasteiger partial charge in [0.25, 0.3) is 11.1 Å². The smallest absolute Gasteiger partial charge is 0.231 e. The molecule has 1 fully saturated rings. The maximum atomic E-state index is 10.7. The lowest BCUT2D eigenvalue weighted by molar-refractivity contribution is -0.748. The van der Waals surface area contributed by atoms with Gasteiger partial charge in [0.15, 0.2) is 7.11 Å². The Morgan fingerprint density at radius 2 is 2.00 bits per heavy atom. The molecule has 12 heavy (non-hydrogen) atoms. The Morgan fingerprint density at radius 3 is 2.58 bits per heavy atom. The molecule has 1 aliphatic rings. The molecule has 0 spiro atoms. The number of rotatable bonds is 3. The van der Waals surface area contributed by atoms with Crippen molar-refractivity contribution in [2.45, 2.75) is 32.1 Å². The van der Waals surface area contributed by atoms with Crippen LogP contribution >= 0.6 is 0 Å². The minimum atomic E-state index is 0.495. The average molecular weight is 170 g/mol. The van der Waals surface area contributed by atoms with Crippen LogP contribution in [0.25, 0.3) is 0 Å². The molecule has 68 valence electrons. The number of hydrogen-bond acceptors (Lipinski definition) is 2. The molecule has 0 aromatic heterocycles. The Labute approximate surface area is 72.9 Å². The molecule has 0 aliphatic heterocycles. The predicted molar refractivity (Wildman–Crippen MR) is 46.4 cm³/mol. The Balaban J connectivity index is 2.28. The second-order valence-corrected chi connectivity index (χ2v) is 3.21. The van der Waals surface area contributed by atoms with Gasteiger partial charge in [-0.25, -0.2) is 4.84 Å². The zero-order valence-electron chi connectivity index (χ0n) is 7.53. The minimum Gasteiger partial charge on any atom is -0.231 e. The molecule has 3 heteroatoms. The molecule has 0 heterocycles. The summed E-state index contributed by atoms with van der Waals surface area (Å²) >= 11 is 0. The van der Waals surface area contributed by atoms with Gasteiger partial charge in [-0.15, -0.1) is 0 Å². The number of hydrogen-bond donors (Lipinski definition) is 0. The fourth-order valence-corrected chi connectivity index (χ4v) is 1.58. The third-order valence-corrected chi connectivity index (χ3v) is 2.31. The first-order chi connectivity index (χ1) is 5.83. The molecule has 0 bridgehead atoms. The highest BCUT2D eigenvalue weighted by Crippen LogP contribution is 2.24. The molecule has 1 rings (SSSR count). The van der Waals surface area contributed by atoms with E-state index in [2.05, 4.69) is 4.84 Å². The summed E-state index contributed by atoms with van der Waals surface area (Å²) in [5, 5.41) is 0. The van der Waals surface area contributed by atoms with Crippen molar-refractivity contribution in [3.8, 4) is 0 Å². The molecule has 0 atom stereocenters. The summed E-state index contributed by atoms with van der Waals surface area (Å²) in [4.78, 5) is 15.6. The van der Waals surface area contributed by atoms with Crippen molar-refractivity contribution in [2.75, 3.05) is 7.11 Å². The number of allylic oxidation sites excluding steroid dienone is 1. The summed E-state index contributed by atoms with van der Waals surface area (Å²) < 4.78 is 0. The molecule has 0 saturated heterocycles. The highest BCUT2D eigenvalue weighted by atomic mass is 16.7. The van der Waals surface area contributed by atoms with E-state index >= 15 is 0 Å². The van der Waals surface area contributed by atoms with Gasteiger partial charge in [0.2, 0.25) is 0 Å². The molecule has 0 aromatic carbocycles. The summed E-state index contributed by atoms with van der Waals surface area (Å²) in [5.74, 6) is 0.588. The minimum absolute atomic E-state index is 0.495. The molecular formula is C9H16NO2+. The van der Waals surface area contributed by atoms with E-state index in [9.17, 15) is 4.91 Å². The maximum absolute atomic E-state index is 10.7. The van der Waals surface area contributed by atoms with E-state index in [1.165, 1.54) is 45.4 Å². The summed E-state index contributed by atoms with van der Waals surface area (Å²) in [6.45, 7) is 0. The van der Waals surface area contributed by atoms with Gasteiger partial charge in [-0.3, -0.25) is 0 Å². The lowest BCUT2D eigenvalue weighted by Gasteiger charge is -2.16. The zero-order chi connectivity index (χ0) is 8.81. The van der Waals surface area contributed by atoms with E-state index in [4.69, 9.17) is 0 Å². The van der Waals surface area contributed by atoms with E-state index in [0.29, 0.717) is 10.8 Å². The Kier molecular flexibility index (Phi) is 3.77. The van der Waals surface area contributed by atoms with Crippen LogP contribution in [0.4, 0.5) is 0 Å². The first-order valence-corrected chi connectivity index (χ1v) is 4.51. The van der Waals surface area contributed by atoms with Gasteiger partial charge in [0, 0.05) is 0 Å². The largest absolute Gasteiger partial charge is 0.278 e. The maximum Gasteiger partial charge on any atom is 0.278 e. The summed E-state index contributed by atoms with van der Waals surface area (Å²) in [6, 6.07) is 0. The van der Waals surface area contributed by atoms with Crippen LogP contribution in [0, 0.1) is 10.8 Å². The van der Waals surface area contributed by atoms with E-state index in [1.54, 1.807) is 0 Å². The lowest BCUT2D eigenvalue weighted by atomic mass is 9.89. The van der Waals surface area contributed by atoms with E-state index in [1.807, 2.05) is 6.08 Å². The van der Waals surface area contributed by atoms with Crippen LogP contribution < -0.4 is 0 Å². The van der Waals surface area contributed by atoms with Crippen molar-refractivity contribution < 1.29 is 9.76 Å². The Bertz CT molecular complexity index is 171. The van der Waals surface area contributed by atoms with Crippen LogP contribution in [-0.4, -0.2) is 12.0 Å². The van der Waals surface area contributed by atoms with Crippen LogP contribution in [0.2, 0.25) is 0 Å². The van der Waals surface area contributed by atoms with Crippen LogP contribution in [0.15, 0.2) is 12.3 Å². The third kappa shape index (κ3) is 3.03. The van der Waals surface area contributed by atoms with Crippen LogP contribution in [0.3, 0.4) is 0 Å². The fourth-order valence-electron chi connectivity index (χ4n) is 1.58. The third-order valence-electron chi connectivity index (χ3n) is 2.31. The van der Waals surface area contributed by atoms with Gasteiger partial charge >= 0.3 is 0 Å². The van der Waals surface area contributed by atoms with Crippen molar-refractivity contribution in [3.63, 3.8) is 0 Å². The highest BCUT2D eigenvalue weighted by Gasteiger charge is 2.12. The summed E-state index contributed by atoms with van der Waals surface area (Å²) in [6.07, 6.45) is 9.78. The van der Waals surface area contributed by atoms with Crippen LogP contribution in [-0.2, 0) is 4.84 Å². The quantitative estimate of drug-likeness (QED) is 0.609. The fraction of sp³-hybridized carbons (Fsp3) is 0.778. The molecule has 1 saturated carbocycles. The molecule has 0 radical (unpaired) electrons.